The number of pyridine rings is 1. The minimum atomic E-state index is 0.602. The third-order valence-electron chi connectivity index (χ3n) is 3.78. The molecule has 0 fully saturated rings. The van der Waals surface area contributed by atoms with Gasteiger partial charge in [0.15, 0.2) is 5.96 Å². The van der Waals surface area contributed by atoms with Gasteiger partial charge in [-0.05, 0) is 30.3 Å². The van der Waals surface area contributed by atoms with E-state index < -0.39 is 0 Å². The third-order valence-corrected chi connectivity index (χ3v) is 3.78. The summed E-state index contributed by atoms with van der Waals surface area (Å²) >= 11 is 0. The number of ether oxygens (including phenoxy) is 1. The summed E-state index contributed by atoms with van der Waals surface area (Å²) in [5.41, 5.74) is 2.01. The number of guanidine groups is 1. The van der Waals surface area contributed by atoms with E-state index in [2.05, 4.69) is 20.6 Å². The maximum Gasteiger partial charge on any atom is 0.191 e. The van der Waals surface area contributed by atoms with Crippen molar-refractivity contribution in [1.29, 1.82) is 0 Å². The van der Waals surface area contributed by atoms with Gasteiger partial charge in [0, 0.05) is 25.4 Å². The van der Waals surface area contributed by atoms with Crippen molar-refractivity contribution >= 4 is 5.96 Å². The molecule has 26 heavy (non-hydrogen) atoms. The molecule has 5 heteroatoms. The second kappa shape index (κ2) is 9.22. The number of para-hydroxylation sites is 2. The van der Waals surface area contributed by atoms with Crippen molar-refractivity contribution in [3.05, 3.63) is 90.3 Å². The second-order valence-corrected chi connectivity index (χ2v) is 5.62. The average Bonchev–Trinajstić information content (AvgIpc) is 2.71. The first-order valence-electron chi connectivity index (χ1n) is 8.50. The molecule has 3 aromatic rings. The van der Waals surface area contributed by atoms with Gasteiger partial charge in [0.05, 0.1) is 12.2 Å². The first-order chi connectivity index (χ1) is 12.8. The van der Waals surface area contributed by atoms with Gasteiger partial charge in [0.2, 0.25) is 0 Å². The van der Waals surface area contributed by atoms with E-state index in [1.165, 1.54) is 0 Å². The molecule has 3 rings (SSSR count). The molecule has 1 heterocycles. The largest absolute Gasteiger partial charge is 0.457 e. The zero-order valence-electron chi connectivity index (χ0n) is 14.7. The van der Waals surface area contributed by atoms with Crippen LogP contribution in [0.15, 0.2) is 84.0 Å². The molecule has 0 radical (unpaired) electrons. The lowest BCUT2D eigenvalue weighted by Gasteiger charge is -2.14. The van der Waals surface area contributed by atoms with E-state index in [9.17, 15) is 0 Å². The molecule has 0 unspecified atom stereocenters. The Balaban J connectivity index is 1.60. The maximum atomic E-state index is 5.99. The number of hydrogen-bond donors (Lipinski definition) is 2. The van der Waals surface area contributed by atoms with Crippen LogP contribution in [0.5, 0.6) is 11.5 Å². The summed E-state index contributed by atoms with van der Waals surface area (Å²) in [7, 11) is 1.75. The maximum absolute atomic E-state index is 5.99. The molecule has 5 nitrogen and oxygen atoms in total. The van der Waals surface area contributed by atoms with Crippen LogP contribution in [0.2, 0.25) is 0 Å². The van der Waals surface area contributed by atoms with E-state index >= 15 is 0 Å². The van der Waals surface area contributed by atoms with Crippen LogP contribution in [0.25, 0.3) is 0 Å². The highest BCUT2D eigenvalue weighted by Crippen LogP contribution is 2.24. The fraction of sp³-hybridized carbons (Fsp3) is 0.143. The quantitative estimate of drug-likeness (QED) is 0.527. The normalized spacial score (nSPS) is 11.0. The molecular weight excluding hydrogens is 324 g/mol. The average molecular weight is 346 g/mol. The molecule has 0 aliphatic carbocycles. The molecule has 0 bridgehead atoms. The molecule has 0 aliphatic heterocycles. The van der Waals surface area contributed by atoms with E-state index in [4.69, 9.17) is 4.74 Å². The predicted molar refractivity (Wildman–Crippen MR) is 104 cm³/mol. The fourth-order valence-electron chi connectivity index (χ4n) is 2.44. The number of benzene rings is 2. The van der Waals surface area contributed by atoms with Crippen molar-refractivity contribution in [2.45, 2.75) is 13.1 Å². The Labute approximate surface area is 153 Å². The third kappa shape index (κ3) is 5.08. The molecule has 0 aliphatic rings. The number of hydrogen-bond acceptors (Lipinski definition) is 3. The van der Waals surface area contributed by atoms with Gasteiger partial charge in [-0.25, -0.2) is 0 Å². The van der Waals surface area contributed by atoms with E-state index in [0.29, 0.717) is 19.0 Å². The van der Waals surface area contributed by atoms with Gasteiger partial charge >= 0.3 is 0 Å². The standard InChI is InChI=1S/C21H22N4O/c1-22-21(25-16-18-10-7-8-14-23-18)24-15-17-9-5-6-13-20(17)26-19-11-3-2-4-12-19/h2-14H,15-16H2,1H3,(H2,22,24,25). The number of aromatic nitrogens is 1. The van der Waals surface area contributed by atoms with E-state index in [-0.39, 0.29) is 0 Å². The Hall–Kier alpha value is -3.34. The summed E-state index contributed by atoms with van der Waals surface area (Å²) in [4.78, 5) is 8.56. The van der Waals surface area contributed by atoms with Crippen LogP contribution >= 0.6 is 0 Å². The Bertz CT molecular complexity index is 835. The summed E-state index contributed by atoms with van der Waals surface area (Å²) in [5.74, 6) is 2.36. The van der Waals surface area contributed by atoms with Crippen LogP contribution in [0.1, 0.15) is 11.3 Å². The number of aliphatic imine (C=N–C) groups is 1. The Morgan fingerprint density at radius 1 is 0.885 bits per heavy atom. The molecule has 2 aromatic carbocycles. The van der Waals surface area contributed by atoms with E-state index in [1.54, 1.807) is 13.2 Å². The summed E-state index contributed by atoms with van der Waals surface area (Å²) < 4.78 is 5.99. The van der Waals surface area contributed by atoms with Crippen molar-refractivity contribution in [1.82, 2.24) is 15.6 Å². The van der Waals surface area contributed by atoms with Gasteiger partial charge in [-0.15, -0.1) is 0 Å². The highest BCUT2D eigenvalue weighted by molar-refractivity contribution is 5.79. The lowest BCUT2D eigenvalue weighted by molar-refractivity contribution is 0.475. The molecular formula is C21H22N4O. The predicted octanol–water partition coefficient (Wildman–Crippen LogP) is 3.74. The summed E-state index contributed by atoms with van der Waals surface area (Å²) in [6, 6.07) is 23.6. The SMILES string of the molecule is CN=C(NCc1ccccn1)NCc1ccccc1Oc1ccccc1. The van der Waals surface area contributed by atoms with Gasteiger partial charge in [0.1, 0.15) is 11.5 Å². The molecule has 0 atom stereocenters. The lowest BCUT2D eigenvalue weighted by Crippen LogP contribution is -2.36. The van der Waals surface area contributed by atoms with Crippen LogP contribution in [-0.4, -0.2) is 18.0 Å². The summed E-state index contributed by atoms with van der Waals surface area (Å²) in [5, 5.41) is 6.57. The molecule has 0 saturated carbocycles. The van der Waals surface area contributed by atoms with Gasteiger partial charge in [-0.1, -0.05) is 42.5 Å². The summed E-state index contributed by atoms with van der Waals surface area (Å²) in [6.45, 7) is 1.22. The Kier molecular flexibility index (Phi) is 6.20. The number of nitrogens with one attached hydrogen (secondary N) is 2. The van der Waals surface area contributed by atoms with Crippen molar-refractivity contribution in [3.63, 3.8) is 0 Å². The second-order valence-electron chi connectivity index (χ2n) is 5.62. The highest BCUT2D eigenvalue weighted by Gasteiger charge is 2.06. The molecule has 0 saturated heterocycles. The van der Waals surface area contributed by atoms with Gasteiger partial charge in [-0.3, -0.25) is 9.98 Å². The smallest absolute Gasteiger partial charge is 0.191 e. The highest BCUT2D eigenvalue weighted by atomic mass is 16.5. The zero-order chi connectivity index (χ0) is 18.0. The first kappa shape index (κ1) is 17.5. The molecule has 0 amide bonds. The van der Waals surface area contributed by atoms with Gasteiger partial charge in [-0.2, -0.15) is 0 Å². The fourth-order valence-corrected chi connectivity index (χ4v) is 2.44. The van der Waals surface area contributed by atoms with Crippen molar-refractivity contribution < 1.29 is 4.74 Å². The van der Waals surface area contributed by atoms with Crippen LogP contribution < -0.4 is 15.4 Å². The zero-order valence-corrected chi connectivity index (χ0v) is 14.7. The molecule has 1 aromatic heterocycles. The van der Waals surface area contributed by atoms with Gasteiger partial charge in [0.25, 0.3) is 0 Å². The lowest BCUT2D eigenvalue weighted by atomic mass is 10.2. The van der Waals surface area contributed by atoms with E-state index in [1.807, 2.05) is 72.8 Å². The van der Waals surface area contributed by atoms with E-state index in [0.717, 1.165) is 22.8 Å². The molecule has 132 valence electrons. The van der Waals surface area contributed by atoms with Gasteiger partial charge < -0.3 is 15.4 Å². The first-order valence-corrected chi connectivity index (χ1v) is 8.50. The number of rotatable bonds is 6. The molecule has 0 spiro atoms. The van der Waals surface area contributed by atoms with Crippen LogP contribution in [0.4, 0.5) is 0 Å². The number of nitrogens with zero attached hydrogens (tertiary/aromatic N) is 2. The van der Waals surface area contributed by atoms with Crippen molar-refractivity contribution in [2.24, 2.45) is 4.99 Å². The van der Waals surface area contributed by atoms with Crippen LogP contribution in [0.3, 0.4) is 0 Å². The van der Waals surface area contributed by atoms with Crippen molar-refractivity contribution in [3.8, 4) is 11.5 Å². The van der Waals surface area contributed by atoms with Crippen LogP contribution in [0, 0.1) is 0 Å². The minimum Gasteiger partial charge on any atom is -0.457 e. The topological polar surface area (TPSA) is 58.5 Å². The minimum absolute atomic E-state index is 0.602. The van der Waals surface area contributed by atoms with Crippen molar-refractivity contribution in [2.75, 3.05) is 7.05 Å². The van der Waals surface area contributed by atoms with Crippen LogP contribution in [-0.2, 0) is 13.1 Å². The Morgan fingerprint density at radius 3 is 2.38 bits per heavy atom. The molecule has 2 N–H and O–H groups in total. The Morgan fingerprint density at radius 2 is 1.62 bits per heavy atom. The summed E-state index contributed by atoms with van der Waals surface area (Å²) in [6.07, 6.45) is 1.78. The monoisotopic (exact) mass is 346 g/mol.